The second-order valence-corrected chi connectivity index (χ2v) is 5.60. The number of piperazine rings is 2. The maximum atomic E-state index is 12.5. The average Bonchev–Trinajstić information content (AvgIpc) is 2.56. The normalized spacial score (nSPS) is 20.7. The van der Waals surface area contributed by atoms with Crippen molar-refractivity contribution in [1.82, 2.24) is 24.7 Å². The van der Waals surface area contributed by atoms with Gasteiger partial charge < -0.3 is 19.6 Å². The van der Waals surface area contributed by atoms with E-state index in [0.717, 1.165) is 58.3 Å². The van der Waals surface area contributed by atoms with Crippen molar-refractivity contribution >= 4 is 12.0 Å². The molecule has 2 amide bonds. The van der Waals surface area contributed by atoms with E-state index < -0.39 is 0 Å². The molecule has 7 heteroatoms. The summed E-state index contributed by atoms with van der Waals surface area (Å²) in [6, 6.07) is 1.99. The van der Waals surface area contributed by atoms with Crippen LogP contribution in [0.25, 0.3) is 0 Å². The van der Waals surface area contributed by atoms with E-state index in [-0.39, 0.29) is 6.03 Å². The maximum Gasteiger partial charge on any atom is 0.320 e. The predicted octanol–water partition coefficient (Wildman–Crippen LogP) is -0.0340. The molecule has 0 unspecified atom stereocenters. The van der Waals surface area contributed by atoms with Crippen molar-refractivity contribution in [3.05, 3.63) is 18.5 Å². The first-order chi connectivity index (χ1) is 10.2. The molecule has 1 aromatic rings. The van der Waals surface area contributed by atoms with E-state index >= 15 is 0 Å². The van der Waals surface area contributed by atoms with Crippen LogP contribution in [-0.2, 0) is 0 Å². The van der Waals surface area contributed by atoms with Crippen LogP contribution < -0.4 is 4.90 Å². The molecule has 3 rings (SSSR count). The summed E-state index contributed by atoms with van der Waals surface area (Å²) >= 11 is 0. The minimum atomic E-state index is 0.178. The van der Waals surface area contributed by atoms with E-state index in [1.54, 1.807) is 12.4 Å². The first kappa shape index (κ1) is 14.1. The van der Waals surface area contributed by atoms with Gasteiger partial charge in [0.1, 0.15) is 0 Å². The van der Waals surface area contributed by atoms with Crippen molar-refractivity contribution in [3.8, 4) is 0 Å². The third kappa shape index (κ3) is 3.24. The number of aromatic nitrogens is 2. The summed E-state index contributed by atoms with van der Waals surface area (Å²) in [6.45, 7) is 6.65. The topological polar surface area (TPSA) is 55.8 Å². The van der Waals surface area contributed by atoms with Gasteiger partial charge in [0.25, 0.3) is 0 Å². The van der Waals surface area contributed by atoms with Crippen LogP contribution in [0, 0.1) is 0 Å². The number of likely N-dealkylation sites (N-methyl/N-ethyl adjacent to an activating group) is 1. The molecule has 0 radical (unpaired) electrons. The molecule has 0 atom stereocenters. The molecule has 3 heterocycles. The van der Waals surface area contributed by atoms with Crippen molar-refractivity contribution in [2.24, 2.45) is 0 Å². The molecular weight excluding hydrogens is 268 g/mol. The van der Waals surface area contributed by atoms with E-state index in [1.807, 2.05) is 15.9 Å². The average molecular weight is 290 g/mol. The summed E-state index contributed by atoms with van der Waals surface area (Å²) in [4.78, 5) is 29.3. The van der Waals surface area contributed by atoms with Gasteiger partial charge in [0, 0.05) is 64.8 Å². The number of carbonyl (C=O) groups is 1. The van der Waals surface area contributed by atoms with Gasteiger partial charge >= 0.3 is 6.03 Å². The zero-order valence-corrected chi connectivity index (χ0v) is 12.5. The molecule has 114 valence electrons. The number of urea groups is 1. The number of amides is 2. The Bertz CT molecular complexity index is 466. The second-order valence-electron chi connectivity index (χ2n) is 5.60. The molecule has 2 aliphatic rings. The first-order valence-corrected chi connectivity index (χ1v) is 7.48. The Morgan fingerprint density at radius 3 is 2.00 bits per heavy atom. The zero-order chi connectivity index (χ0) is 14.7. The molecule has 0 aliphatic carbocycles. The molecule has 0 aromatic carbocycles. The lowest BCUT2D eigenvalue weighted by molar-refractivity contribution is 0.120. The summed E-state index contributed by atoms with van der Waals surface area (Å²) in [6.07, 6.45) is 3.51. The van der Waals surface area contributed by atoms with E-state index in [0.29, 0.717) is 0 Å². The Balaban J connectivity index is 1.52. The fourth-order valence-corrected chi connectivity index (χ4v) is 2.75. The quantitative estimate of drug-likeness (QED) is 0.727. The maximum absolute atomic E-state index is 12.5. The van der Waals surface area contributed by atoms with Crippen LogP contribution in [0.4, 0.5) is 10.7 Å². The summed E-state index contributed by atoms with van der Waals surface area (Å²) in [5.74, 6) is 0.754. The summed E-state index contributed by atoms with van der Waals surface area (Å²) < 4.78 is 0. The zero-order valence-electron chi connectivity index (χ0n) is 12.5. The number of anilines is 1. The van der Waals surface area contributed by atoms with Crippen LogP contribution in [-0.4, -0.2) is 90.1 Å². The molecule has 2 saturated heterocycles. The third-order valence-electron chi connectivity index (χ3n) is 4.16. The molecule has 0 bridgehead atoms. The summed E-state index contributed by atoms with van der Waals surface area (Å²) in [7, 11) is 2.10. The molecule has 2 aliphatic heterocycles. The Morgan fingerprint density at radius 2 is 1.43 bits per heavy atom. The van der Waals surface area contributed by atoms with Crippen molar-refractivity contribution < 1.29 is 4.79 Å². The van der Waals surface area contributed by atoms with Crippen molar-refractivity contribution in [2.75, 3.05) is 64.3 Å². The van der Waals surface area contributed by atoms with Gasteiger partial charge in [-0.2, -0.15) is 0 Å². The highest BCUT2D eigenvalue weighted by Crippen LogP contribution is 2.12. The molecule has 21 heavy (non-hydrogen) atoms. The lowest BCUT2D eigenvalue weighted by Gasteiger charge is -2.39. The minimum absolute atomic E-state index is 0.178. The van der Waals surface area contributed by atoms with Gasteiger partial charge in [0.15, 0.2) is 0 Å². The molecule has 0 N–H and O–H groups in total. The standard InChI is InChI=1S/C14H22N6O/c1-17-5-7-19(8-6-17)14(21)20-11-9-18(10-12-20)13-15-3-2-4-16-13/h2-4H,5-12H2,1H3. The van der Waals surface area contributed by atoms with Crippen LogP contribution in [0.2, 0.25) is 0 Å². The van der Waals surface area contributed by atoms with E-state index in [1.165, 1.54) is 0 Å². The van der Waals surface area contributed by atoms with Crippen molar-refractivity contribution in [2.45, 2.75) is 0 Å². The van der Waals surface area contributed by atoms with E-state index in [2.05, 4.69) is 26.8 Å². The fourth-order valence-electron chi connectivity index (χ4n) is 2.75. The molecule has 1 aromatic heterocycles. The van der Waals surface area contributed by atoms with Crippen LogP contribution in [0.3, 0.4) is 0 Å². The molecule has 2 fully saturated rings. The van der Waals surface area contributed by atoms with Gasteiger partial charge in [0.2, 0.25) is 5.95 Å². The van der Waals surface area contributed by atoms with Crippen LogP contribution >= 0.6 is 0 Å². The van der Waals surface area contributed by atoms with Crippen molar-refractivity contribution in [3.63, 3.8) is 0 Å². The monoisotopic (exact) mass is 290 g/mol. The second kappa shape index (κ2) is 6.26. The van der Waals surface area contributed by atoms with Crippen LogP contribution in [0.1, 0.15) is 0 Å². The lowest BCUT2D eigenvalue weighted by Crippen LogP contribution is -2.56. The minimum Gasteiger partial charge on any atom is -0.337 e. The number of hydrogen-bond donors (Lipinski definition) is 0. The number of hydrogen-bond acceptors (Lipinski definition) is 5. The lowest BCUT2D eigenvalue weighted by atomic mass is 10.3. The van der Waals surface area contributed by atoms with E-state index in [4.69, 9.17) is 0 Å². The largest absolute Gasteiger partial charge is 0.337 e. The highest BCUT2D eigenvalue weighted by molar-refractivity contribution is 5.75. The van der Waals surface area contributed by atoms with Gasteiger partial charge in [-0.15, -0.1) is 0 Å². The van der Waals surface area contributed by atoms with E-state index in [9.17, 15) is 4.79 Å². The third-order valence-corrected chi connectivity index (χ3v) is 4.16. The summed E-state index contributed by atoms with van der Waals surface area (Å²) in [5.41, 5.74) is 0. The highest BCUT2D eigenvalue weighted by atomic mass is 16.2. The Morgan fingerprint density at radius 1 is 0.905 bits per heavy atom. The van der Waals surface area contributed by atoms with Crippen LogP contribution in [0.15, 0.2) is 18.5 Å². The van der Waals surface area contributed by atoms with Gasteiger partial charge in [-0.05, 0) is 13.1 Å². The molecule has 7 nitrogen and oxygen atoms in total. The smallest absolute Gasteiger partial charge is 0.320 e. The Hall–Kier alpha value is -1.89. The van der Waals surface area contributed by atoms with Crippen LogP contribution in [0.5, 0.6) is 0 Å². The van der Waals surface area contributed by atoms with Gasteiger partial charge in [-0.3, -0.25) is 0 Å². The Labute approximate surface area is 125 Å². The Kier molecular flexibility index (Phi) is 4.19. The molecule has 0 spiro atoms. The molecular formula is C14H22N6O. The molecule has 0 saturated carbocycles. The first-order valence-electron chi connectivity index (χ1n) is 7.48. The van der Waals surface area contributed by atoms with Gasteiger partial charge in [-0.1, -0.05) is 0 Å². The van der Waals surface area contributed by atoms with Gasteiger partial charge in [0.05, 0.1) is 0 Å². The SMILES string of the molecule is CN1CCN(C(=O)N2CCN(c3ncccn3)CC2)CC1. The number of carbonyl (C=O) groups excluding carboxylic acids is 1. The predicted molar refractivity (Wildman–Crippen MR) is 80.3 cm³/mol. The number of rotatable bonds is 1. The fraction of sp³-hybridized carbons (Fsp3) is 0.643. The number of nitrogens with zero attached hydrogens (tertiary/aromatic N) is 6. The van der Waals surface area contributed by atoms with Gasteiger partial charge in [-0.25, -0.2) is 14.8 Å². The highest BCUT2D eigenvalue weighted by Gasteiger charge is 2.27. The van der Waals surface area contributed by atoms with Crippen molar-refractivity contribution in [1.29, 1.82) is 0 Å². The summed E-state index contributed by atoms with van der Waals surface area (Å²) in [5, 5.41) is 0.